The van der Waals surface area contributed by atoms with Crippen LogP contribution >= 0.6 is 11.8 Å². The van der Waals surface area contributed by atoms with Gasteiger partial charge in [-0.2, -0.15) is 0 Å². The second-order valence-electron chi connectivity index (χ2n) is 2.41. The van der Waals surface area contributed by atoms with Crippen molar-refractivity contribution in [3.05, 3.63) is 17.8 Å². The molecule has 0 saturated carbocycles. The Morgan fingerprint density at radius 2 is 2.36 bits per heavy atom. The lowest BCUT2D eigenvalue weighted by Gasteiger charge is -2.04. The summed E-state index contributed by atoms with van der Waals surface area (Å²) < 4.78 is 0. The van der Waals surface area contributed by atoms with Gasteiger partial charge in [0.25, 0.3) is 0 Å². The lowest BCUT2D eigenvalue weighted by Crippen LogP contribution is -1.98. The SMILES string of the molecule is CNc1nc(SC)ncc1/C=C\C=O. The minimum absolute atomic E-state index is 0.706. The highest BCUT2D eigenvalue weighted by Gasteiger charge is 2.01. The first-order chi connectivity index (χ1) is 6.81. The van der Waals surface area contributed by atoms with Crippen molar-refractivity contribution in [3.63, 3.8) is 0 Å². The first kappa shape index (κ1) is 10.7. The normalized spacial score (nSPS) is 10.4. The van der Waals surface area contributed by atoms with Gasteiger partial charge in [0.05, 0.1) is 0 Å². The molecule has 0 aliphatic heterocycles. The van der Waals surface area contributed by atoms with Gasteiger partial charge in [-0.15, -0.1) is 0 Å². The molecule has 14 heavy (non-hydrogen) atoms. The van der Waals surface area contributed by atoms with Crippen molar-refractivity contribution in [3.8, 4) is 0 Å². The zero-order valence-corrected chi connectivity index (χ0v) is 8.84. The molecule has 1 aromatic heterocycles. The molecule has 0 unspecified atom stereocenters. The Morgan fingerprint density at radius 3 is 2.93 bits per heavy atom. The fourth-order valence-corrected chi connectivity index (χ4v) is 1.28. The molecule has 1 rings (SSSR count). The average Bonchev–Trinajstić information content (AvgIpc) is 2.26. The van der Waals surface area contributed by atoms with Crippen molar-refractivity contribution < 1.29 is 4.79 Å². The van der Waals surface area contributed by atoms with Gasteiger partial charge in [0.15, 0.2) is 5.16 Å². The van der Waals surface area contributed by atoms with Crippen LogP contribution in [-0.4, -0.2) is 29.6 Å². The van der Waals surface area contributed by atoms with Crippen molar-refractivity contribution in [2.24, 2.45) is 0 Å². The fraction of sp³-hybridized carbons (Fsp3) is 0.222. The van der Waals surface area contributed by atoms with Crippen LogP contribution in [-0.2, 0) is 4.79 Å². The molecular formula is C9H11N3OS. The average molecular weight is 209 g/mol. The highest BCUT2D eigenvalue weighted by atomic mass is 32.2. The van der Waals surface area contributed by atoms with Crippen molar-refractivity contribution in [2.45, 2.75) is 5.16 Å². The third-order valence-corrected chi connectivity index (χ3v) is 2.13. The molecule has 0 fully saturated rings. The van der Waals surface area contributed by atoms with Crippen LogP contribution in [0.2, 0.25) is 0 Å². The van der Waals surface area contributed by atoms with Crippen LogP contribution in [0.15, 0.2) is 17.4 Å². The molecule has 0 aromatic carbocycles. The number of anilines is 1. The van der Waals surface area contributed by atoms with Gasteiger partial charge in [0.1, 0.15) is 12.1 Å². The molecule has 1 heterocycles. The highest BCUT2D eigenvalue weighted by Crippen LogP contribution is 2.16. The van der Waals surface area contributed by atoms with E-state index in [2.05, 4.69) is 15.3 Å². The van der Waals surface area contributed by atoms with Crippen molar-refractivity contribution in [1.29, 1.82) is 0 Å². The maximum absolute atomic E-state index is 10.1. The Balaban J connectivity index is 3.04. The quantitative estimate of drug-likeness (QED) is 0.352. The number of aromatic nitrogens is 2. The fourth-order valence-electron chi connectivity index (χ4n) is 0.938. The molecule has 0 amide bonds. The highest BCUT2D eigenvalue weighted by molar-refractivity contribution is 7.98. The Morgan fingerprint density at radius 1 is 1.57 bits per heavy atom. The molecule has 0 radical (unpaired) electrons. The van der Waals surface area contributed by atoms with Crippen LogP contribution in [0.25, 0.3) is 6.08 Å². The van der Waals surface area contributed by atoms with E-state index < -0.39 is 0 Å². The van der Waals surface area contributed by atoms with Gasteiger partial charge in [-0.05, 0) is 18.4 Å². The van der Waals surface area contributed by atoms with Crippen LogP contribution in [0.5, 0.6) is 0 Å². The number of hydrogen-bond donors (Lipinski definition) is 1. The Kier molecular flexibility index (Phi) is 4.12. The van der Waals surface area contributed by atoms with Crippen LogP contribution in [0, 0.1) is 0 Å². The molecule has 0 saturated heterocycles. The van der Waals surface area contributed by atoms with Crippen molar-refractivity contribution >= 4 is 29.9 Å². The number of thioether (sulfide) groups is 1. The van der Waals surface area contributed by atoms with Gasteiger partial charge < -0.3 is 5.32 Å². The number of nitrogens with zero attached hydrogens (tertiary/aromatic N) is 2. The summed E-state index contributed by atoms with van der Waals surface area (Å²) in [5, 5.41) is 3.65. The van der Waals surface area contributed by atoms with E-state index in [4.69, 9.17) is 0 Å². The van der Waals surface area contributed by atoms with E-state index in [9.17, 15) is 4.79 Å². The zero-order chi connectivity index (χ0) is 10.4. The minimum atomic E-state index is 0.706. The summed E-state index contributed by atoms with van der Waals surface area (Å²) in [6, 6.07) is 0. The number of allylic oxidation sites excluding steroid dienone is 1. The van der Waals surface area contributed by atoms with Gasteiger partial charge in [0.2, 0.25) is 0 Å². The molecular weight excluding hydrogens is 198 g/mol. The minimum Gasteiger partial charge on any atom is -0.373 e. The summed E-state index contributed by atoms with van der Waals surface area (Å²) >= 11 is 1.48. The van der Waals surface area contributed by atoms with E-state index in [0.717, 1.165) is 17.7 Å². The van der Waals surface area contributed by atoms with E-state index in [0.29, 0.717) is 5.16 Å². The number of carbonyl (C=O) groups excluding carboxylic acids is 1. The lowest BCUT2D eigenvalue weighted by molar-refractivity contribution is -0.104. The Labute approximate surface area is 86.8 Å². The summed E-state index contributed by atoms with van der Waals surface area (Å²) in [4.78, 5) is 18.5. The van der Waals surface area contributed by atoms with Gasteiger partial charge in [-0.25, -0.2) is 9.97 Å². The number of carbonyl (C=O) groups is 1. The Hall–Kier alpha value is -1.36. The first-order valence-corrected chi connectivity index (χ1v) is 5.25. The van der Waals surface area contributed by atoms with Crippen LogP contribution in [0.4, 0.5) is 5.82 Å². The number of nitrogens with one attached hydrogen (secondary N) is 1. The van der Waals surface area contributed by atoms with Crippen molar-refractivity contribution in [1.82, 2.24) is 9.97 Å². The van der Waals surface area contributed by atoms with Crippen LogP contribution in [0.1, 0.15) is 5.56 Å². The summed E-state index contributed by atoms with van der Waals surface area (Å²) in [5.74, 6) is 0.724. The topological polar surface area (TPSA) is 54.9 Å². The number of aldehydes is 1. The third-order valence-electron chi connectivity index (χ3n) is 1.57. The number of rotatable bonds is 4. The molecule has 0 bridgehead atoms. The first-order valence-electron chi connectivity index (χ1n) is 4.02. The smallest absolute Gasteiger partial charge is 0.189 e. The predicted molar refractivity (Wildman–Crippen MR) is 58.5 cm³/mol. The molecule has 0 aliphatic rings. The molecule has 5 heteroatoms. The van der Waals surface area contributed by atoms with Gasteiger partial charge in [-0.1, -0.05) is 11.8 Å². The monoisotopic (exact) mass is 209 g/mol. The van der Waals surface area contributed by atoms with Crippen LogP contribution < -0.4 is 5.32 Å². The van der Waals surface area contributed by atoms with E-state index in [1.165, 1.54) is 17.8 Å². The van der Waals surface area contributed by atoms with E-state index >= 15 is 0 Å². The third kappa shape index (κ3) is 2.56. The molecule has 0 aliphatic carbocycles. The second kappa shape index (κ2) is 5.39. The van der Waals surface area contributed by atoms with E-state index in [1.807, 2.05) is 6.26 Å². The standard InChI is InChI=1S/C9H11N3OS/c1-10-8-7(4-3-5-13)6-11-9(12-8)14-2/h3-6H,1-2H3,(H,10,11,12)/b4-3-. The zero-order valence-electron chi connectivity index (χ0n) is 8.02. The molecule has 4 nitrogen and oxygen atoms in total. The maximum atomic E-state index is 10.1. The largest absolute Gasteiger partial charge is 0.373 e. The lowest BCUT2D eigenvalue weighted by atomic mass is 10.3. The van der Waals surface area contributed by atoms with Gasteiger partial charge >= 0.3 is 0 Å². The Bertz CT molecular complexity index is 352. The number of hydrogen-bond acceptors (Lipinski definition) is 5. The van der Waals surface area contributed by atoms with E-state index in [-0.39, 0.29) is 0 Å². The van der Waals surface area contributed by atoms with Crippen molar-refractivity contribution in [2.75, 3.05) is 18.6 Å². The van der Waals surface area contributed by atoms with E-state index in [1.54, 1.807) is 19.3 Å². The second-order valence-corrected chi connectivity index (χ2v) is 3.18. The van der Waals surface area contributed by atoms with Crippen LogP contribution in [0.3, 0.4) is 0 Å². The molecule has 0 atom stereocenters. The molecule has 74 valence electrons. The summed E-state index contributed by atoms with van der Waals surface area (Å²) in [6.45, 7) is 0. The van der Waals surface area contributed by atoms with Gasteiger partial charge in [0, 0.05) is 18.8 Å². The van der Waals surface area contributed by atoms with Gasteiger partial charge in [-0.3, -0.25) is 4.79 Å². The summed E-state index contributed by atoms with van der Waals surface area (Å²) in [6.07, 6.45) is 7.41. The summed E-state index contributed by atoms with van der Waals surface area (Å²) in [7, 11) is 1.78. The molecule has 1 aromatic rings. The molecule has 1 N–H and O–H groups in total. The summed E-state index contributed by atoms with van der Waals surface area (Å²) in [5.41, 5.74) is 0.803. The molecule has 0 spiro atoms. The maximum Gasteiger partial charge on any atom is 0.189 e. The predicted octanol–water partition coefficient (Wildman–Crippen LogP) is 1.45.